The minimum atomic E-state index is -0.802. The third-order valence-electron chi connectivity index (χ3n) is 2.28. The van der Waals surface area contributed by atoms with Crippen LogP contribution < -0.4 is 10.6 Å². The number of unbranched alkanes of at least 4 members (excludes halogenated alkanes) is 2. The molecule has 0 aliphatic heterocycles. The van der Waals surface area contributed by atoms with E-state index >= 15 is 0 Å². The van der Waals surface area contributed by atoms with Gasteiger partial charge in [0.1, 0.15) is 0 Å². The van der Waals surface area contributed by atoms with Crippen molar-refractivity contribution >= 4 is 12.0 Å². The van der Waals surface area contributed by atoms with Crippen LogP contribution >= 0.6 is 0 Å². The van der Waals surface area contributed by atoms with Gasteiger partial charge in [-0.05, 0) is 19.3 Å². The van der Waals surface area contributed by atoms with Gasteiger partial charge in [-0.3, -0.25) is 4.79 Å². The van der Waals surface area contributed by atoms with Crippen LogP contribution in [0.1, 0.15) is 39.0 Å². The molecule has 2 amide bonds. The molecule has 0 aromatic heterocycles. The highest BCUT2D eigenvalue weighted by Crippen LogP contribution is 1.93. The molecule has 6 nitrogen and oxygen atoms in total. The predicted molar refractivity (Wildman–Crippen MR) is 68.6 cm³/mol. The van der Waals surface area contributed by atoms with Crippen molar-refractivity contribution in [3.63, 3.8) is 0 Å². The zero-order valence-corrected chi connectivity index (χ0v) is 11.0. The summed E-state index contributed by atoms with van der Waals surface area (Å²) in [6, 6.07) is -0.232. The Morgan fingerprint density at radius 1 is 1.06 bits per heavy atom. The number of carboxylic acid groups (broad SMARTS) is 1. The molecule has 0 rings (SSSR count). The molecule has 0 aliphatic rings. The third-order valence-corrected chi connectivity index (χ3v) is 2.28. The highest BCUT2D eigenvalue weighted by molar-refractivity contribution is 5.73. The zero-order valence-electron chi connectivity index (χ0n) is 11.0. The molecule has 3 N–H and O–H groups in total. The van der Waals surface area contributed by atoms with E-state index in [9.17, 15) is 9.59 Å². The molecule has 106 valence electrons. The number of nitrogens with one attached hydrogen (secondary N) is 2. The fraction of sp³-hybridized carbons (Fsp3) is 0.833. The summed E-state index contributed by atoms with van der Waals surface area (Å²) in [5.74, 6) is -0.802. The van der Waals surface area contributed by atoms with E-state index in [1.165, 1.54) is 0 Å². The Hall–Kier alpha value is -1.30. The normalized spacial score (nSPS) is 10.1. The highest BCUT2D eigenvalue weighted by Gasteiger charge is 2.00. The van der Waals surface area contributed by atoms with E-state index in [-0.39, 0.29) is 12.5 Å². The molecular weight excluding hydrogens is 236 g/mol. The quantitative estimate of drug-likeness (QED) is 0.489. The van der Waals surface area contributed by atoms with E-state index in [4.69, 9.17) is 9.84 Å². The highest BCUT2D eigenvalue weighted by atomic mass is 16.5. The maximum Gasteiger partial charge on any atom is 0.314 e. The zero-order chi connectivity index (χ0) is 13.6. The molecule has 0 unspecified atom stereocenters. The van der Waals surface area contributed by atoms with Crippen LogP contribution in [0.3, 0.4) is 0 Å². The van der Waals surface area contributed by atoms with E-state index in [0.29, 0.717) is 32.5 Å². The van der Waals surface area contributed by atoms with Gasteiger partial charge in [0.25, 0.3) is 0 Å². The van der Waals surface area contributed by atoms with Crippen molar-refractivity contribution in [1.29, 1.82) is 0 Å². The number of aliphatic carboxylic acids is 1. The van der Waals surface area contributed by atoms with Gasteiger partial charge in [-0.2, -0.15) is 0 Å². The van der Waals surface area contributed by atoms with Gasteiger partial charge in [0.2, 0.25) is 0 Å². The average molecular weight is 260 g/mol. The van der Waals surface area contributed by atoms with Crippen molar-refractivity contribution in [1.82, 2.24) is 10.6 Å². The average Bonchev–Trinajstić information content (AvgIpc) is 2.33. The van der Waals surface area contributed by atoms with Gasteiger partial charge in [0, 0.05) is 26.1 Å². The molecule has 0 bridgehead atoms. The topological polar surface area (TPSA) is 87.7 Å². The first-order chi connectivity index (χ1) is 8.66. The Morgan fingerprint density at radius 2 is 1.78 bits per heavy atom. The second-order valence-electron chi connectivity index (χ2n) is 4.00. The second kappa shape index (κ2) is 12.2. The summed E-state index contributed by atoms with van der Waals surface area (Å²) in [7, 11) is 0. The molecule has 0 saturated carbocycles. The smallest absolute Gasteiger partial charge is 0.314 e. The standard InChI is InChI=1S/C12H24N2O4/c1-2-3-9-18-10-8-14-12(17)13-7-5-4-6-11(15)16/h2-10H2,1H3,(H,15,16)(H2,13,14,17). The summed E-state index contributed by atoms with van der Waals surface area (Å²) in [5.41, 5.74) is 0. The first-order valence-corrected chi connectivity index (χ1v) is 6.48. The van der Waals surface area contributed by atoms with Crippen LogP contribution in [0, 0.1) is 0 Å². The Bertz CT molecular complexity index is 234. The first kappa shape index (κ1) is 16.7. The maximum atomic E-state index is 11.2. The Morgan fingerprint density at radius 3 is 2.44 bits per heavy atom. The first-order valence-electron chi connectivity index (χ1n) is 6.48. The van der Waals surface area contributed by atoms with E-state index in [1.807, 2.05) is 0 Å². The van der Waals surface area contributed by atoms with Crippen LogP contribution in [0.25, 0.3) is 0 Å². The number of amides is 2. The van der Waals surface area contributed by atoms with E-state index in [1.54, 1.807) is 0 Å². The number of hydrogen-bond donors (Lipinski definition) is 3. The number of urea groups is 1. The lowest BCUT2D eigenvalue weighted by molar-refractivity contribution is -0.137. The summed E-state index contributed by atoms with van der Waals surface area (Å²) >= 11 is 0. The van der Waals surface area contributed by atoms with Gasteiger partial charge in [-0.1, -0.05) is 13.3 Å². The summed E-state index contributed by atoms with van der Waals surface area (Å²) in [4.78, 5) is 21.5. The van der Waals surface area contributed by atoms with Gasteiger partial charge < -0.3 is 20.5 Å². The lowest BCUT2D eigenvalue weighted by atomic mass is 10.2. The molecule has 0 heterocycles. The SMILES string of the molecule is CCCCOCCNC(=O)NCCCCC(=O)O. The second-order valence-corrected chi connectivity index (χ2v) is 4.00. The number of carbonyl (C=O) groups is 2. The minimum Gasteiger partial charge on any atom is -0.481 e. The Kier molecular flexibility index (Phi) is 11.3. The molecule has 18 heavy (non-hydrogen) atoms. The lowest BCUT2D eigenvalue weighted by Gasteiger charge is -2.07. The molecule has 0 aliphatic carbocycles. The van der Waals surface area contributed by atoms with Crippen LogP contribution in [-0.2, 0) is 9.53 Å². The van der Waals surface area contributed by atoms with Crippen molar-refractivity contribution in [2.45, 2.75) is 39.0 Å². The molecule has 0 spiro atoms. The maximum absolute atomic E-state index is 11.2. The molecule has 0 atom stereocenters. The van der Waals surface area contributed by atoms with Crippen LogP contribution in [0.4, 0.5) is 4.79 Å². The molecule has 6 heteroatoms. The number of carboxylic acids is 1. The fourth-order valence-electron chi connectivity index (χ4n) is 1.25. The van der Waals surface area contributed by atoms with Gasteiger partial charge in [0.05, 0.1) is 6.61 Å². The van der Waals surface area contributed by atoms with Crippen molar-refractivity contribution < 1.29 is 19.4 Å². The number of rotatable bonds is 11. The van der Waals surface area contributed by atoms with Gasteiger partial charge in [0.15, 0.2) is 0 Å². The Balaban J connectivity index is 3.20. The molecule has 0 fully saturated rings. The van der Waals surface area contributed by atoms with Gasteiger partial charge >= 0.3 is 12.0 Å². The van der Waals surface area contributed by atoms with E-state index < -0.39 is 5.97 Å². The van der Waals surface area contributed by atoms with Crippen molar-refractivity contribution in [3.8, 4) is 0 Å². The molecule has 0 saturated heterocycles. The molecule has 0 aromatic rings. The van der Waals surface area contributed by atoms with Crippen LogP contribution in [0.2, 0.25) is 0 Å². The fourth-order valence-corrected chi connectivity index (χ4v) is 1.25. The van der Waals surface area contributed by atoms with E-state index in [2.05, 4.69) is 17.6 Å². The van der Waals surface area contributed by atoms with Crippen LogP contribution in [-0.4, -0.2) is 43.4 Å². The summed E-state index contributed by atoms with van der Waals surface area (Å²) < 4.78 is 5.29. The summed E-state index contributed by atoms with van der Waals surface area (Å²) in [5, 5.41) is 13.7. The third kappa shape index (κ3) is 12.8. The minimum absolute atomic E-state index is 0.147. The van der Waals surface area contributed by atoms with Crippen molar-refractivity contribution in [3.05, 3.63) is 0 Å². The monoisotopic (exact) mass is 260 g/mol. The number of ether oxygens (including phenoxy) is 1. The van der Waals surface area contributed by atoms with Gasteiger partial charge in [-0.25, -0.2) is 4.79 Å². The van der Waals surface area contributed by atoms with Crippen molar-refractivity contribution in [2.75, 3.05) is 26.3 Å². The van der Waals surface area contributed by atoms with Gasteiger partial charge in [-0.15, -0.1) is 0 Å². The largest absolute Gasteiger partial charge is 0.481 e. The van der Waals surface area contributed by atoms with Crippen LogP contribution in [0.5, 0.6) is 0 Å². The van der Waals surface area contributed by atoms with Crippen LogP contribution in [0.15, 0.2) is 0 Å². The molecule has 0 aromatic carbocycles. The molecular formula is C12H24N2O4. The summed E-state index contributed by atoms with van der Waals surface area (Å²) in [6.45, 7) is 4.33. The molecule has 0 radical (unpaired) electrons. The Labute approximate surface area is 108 Å². The number of carbonyl (C=O) groups excluding carboxylic acids is 1. The number of hydrogen-bond acceptors (Lipinski definition) is 3. The predicted octanol–water partition coefficient (Wildman–Crippen LogP) is 1.36. The summed E-state index contributed by atoms with van der Waals surface area (Å²) in [6.07, 6.45) is 3.54. The lowest BCUT2D eigenvalue weighted by Crippen LogP contribution is -2.37. The van der Waals surface area contributed by atoms with E-state index in [0.717, 1.165) is 19.4 Å². The van der Waals surface area contributed by atoms with Crippen molar-refractivity contribution in [2.24, 2.45) is 0 Å².